The van der Waals surface area contributed by atoms with Crippen molar-refractivity contribution in [1.82, 2.24) is 19.9 Å². The van der Waals surface area contributed by atoms with Gasteiger partial charge in [-0.05, 0) is 48.7 Å². The van der Waals surface area contributed by atoms with E-state index >= 15 is 0 Å². The lowest BCUT2D eigenvalue weighted by Crippen LogP contribution is -2.50. The van der Waals surface area contributed by atoms with E-state index in [1.165, 1.54) is 12.1 Å². The van der Waals surface area contributed by atoms with E-state index in [0.717, 1.165) is 43.1 Å². The van der Waals surface area contributed by atoms with Crippen LogP contribution < -0.4 is 4.74 Å². The SMILES string of the molecule is O=C(COc1ccc(C(F)(F)F)cc1)N1CCN(CCCc2nc(-c3cccs3)no2)CC1. The van der Waals surface area contributed by atoms with E-state index in [9.17, 15) is 18.0 Å². The molecular formula is C22H23F3N4O3S. The predicted octanol–water partition coefficient (Wildman–Crippen LogP) is 3.97. The minimum Gasteiger partial charge on any atom is -0.484 e. The minimum atomic E-state index is -4.40. The molecule has 0 unspecified atom stereocenters. The molecular weight excluding hydrogens is 457 g/mol. The minimum absolute atomic E-state index is 0.179. The molecule has 7 nitrogen and oxygen atoms in total. The van der Waals surface area contributed by atoms with Crippen LogP contribution in [0.3, 0.4) is 0 Å². The first-order chi connectivity index (χ1) is 15.9. The maximum absolute atomic E-state index is 12.6. The first-order valence-electron chi connectivity index (χ1n) is 10.5. The molecule has 33 heavy (non-hydrogen) atoms. The van der Waals surface area contributed by atoms with Gasteiger partial charge in [0.05, 0.1) is 10.4 Å². The Bertz CT molecular complexity index is 1030. The van der Waals surface area contributed by atoms with E-state index < -0.39 is 11.7 Å². The van der Waals surface area contributed by atoms with Crippen molar-refractivity contribution in [2.45, 2.75) is 19.0 Å². The van der Waals surface area contributed by atoms with Gasteiger partial charge in [-0.2, -0.15) is 18.2 Å². The number of thiophene rings is 1. The van der Waals surface area contributed by atoms with Crippen LogP contribution in [0.2, 0.25) is 0 Å². The first-order valence-corrected chi connectivity index (χ1v) is 11.4. The number of hydrogen-bond donors (Lipinski definition) is 0. The van der Waals surface area contributed by atoms with Crippen LogP contribution in [0, 0.1) is 0 Å². The highest BCUT2D eigenvalue weighted by atomic mass is 32.1. The lowest BCUT2D eigenvalue weighted by atomic mass is 10.2. The molecule has 3 heterocycles. The van der Waals surface area contributed by atoms with Gasteiger partial charge in [0.1, 0.15) is 5.75 Å². The molecule has 0 radical (unpaired) electrons. The third kappa shape index (κ3) is 6.32. The Morgan fingerprint density at radius 3 is 2.55 bits per heavy atom. The number of carbonyl (C=O) groups is 1. The number of piperazine rings is 1. The predicted molar refractivity (Wildman–Crippen MR) is 116 cm³/mol. The van der Waals surface area contributed by atoms with Gasteiger partial charge in [0.15, 0.2) is 6.61 Å². The fourth-order valence-corrected chi connectivity index (χ4v) is 4.16. The number of rotatable bonds is 8. The van der Waals surface area contributed by atoms with E-state index in [-0.39, 0.29) is 18.3 Å². The van der Waals surface area contributed by atoms with Gasteiger partial charge in [-0.25, -0.2) is 0 Å². The number of benzene rings is 1. The highest BCUT2D eigenvalue weighted by molar-refractivity contribution is 7.13. The van der Waals surface area contributed by atoms with Crippen LogP contribution in [0.25, 0.3) is 10.7 Å². The zero-order chi connectivity index (χ0) is 23.3. The Labute approximate surface area is 192 Å². The molecule has 0 bridgehead atoms. The number of hydrogen-bond acceptors (Lipinski definition) is 7. The van der Waals surface area contributed by atoms with Gasteiger partial charge in [-0.1, -0.05) is 11.2 Å². The fourth-order valence-electron chi connectivity index (χ4n) is 3.51. The molecule has 2 aromatic heterocycles. The third-order valence-corrected chi connectivity index (χ3v) is 6.21. The molecule has 0 N–H and O–H groups in total. The van der Waals surface area contributed by atoms with Crippen molar-refractivity contribution in [3.05, 3.63) is 53.2 Å². The highest BCUT2D eigenvalue weighted by Gasteiger charge is 2.30. The summed E-state index contributed by atoms with van der Waals surface area (Å²) in [5.74, 6) is 1.29. The highest BCUT2D eigenvalue weighted by Crippen LogP contribution is 2.30. The average molecular weight is 481 g/mol. The van der Waals surface area contributed by atoms with Crippen LogP contribution >= 0.6 is 11.3 Å². The number of alkyl halides is 3. The summed E-state index contributed by atoms with van der Waals surface area (Å²) in [6, 6.07) is 8.23. The van der Waals surface area contributed by atoms with Gasteiger partial charge in [-0.15, -0.1) is 11.3 Å². The number of amides is 1. The van der Waals surface area contributed by atoms with Crippen molar-refractivity contribution in [1.29, 1.82) is 0 Å². The Morgan fingerprint density at radius 1 is 1.12 bits per heavy atom. The molecule has 0 saturated carbocycles. The molecule has 0 spiro atoms. The Balaban J connectivity index is 1.14. The summed E-state index contributed by atoms with van der Waals surface area (Å²) in [5.41, 5.74) is -0.751. The van der Waals surface area contributed by atoms with Gasteiger partial charge in [0.25, 0.3) is 5.91 Å². The van der Waals surface area contributed by atoms with Crippen molar-refractivity contribution in [3.63, 3.8) is 0 Å². The number of aromatic nitrogens is 2. The zero-order valence-electron chi connectivity index (χ0n) is 17.8. The largest absolute Gasteiger partial charge is 0.484 e. The van der Waals surface area contributed by atoms with Crippen LogP contribution in [-0.4, -0.2) is 65.2 Å². The zero-order valence-corrected chi connectivity index (χ0v) is 18.6. The van der Waals surface area contributed by atoms with Crippen molar-refractivity contribution in [3.8, 4) is 16.5 Å². The Hall–Kier alpha value is -2.92. The molecule has 0 aliphatic carbocycles. The molecule has 1 aliphatic heterocycles. The summed E-state index contributed by atoms with van der Waals surface area (Å²) in [7, 11) is 0. The number of ether oxygens (including phenoxy) is 1. The van der Waals surface area contributed by atoms with Crippen molar-refractivity contribution in [2.24, 2.45) is 0 Å². The van der Waals surface area contributed by atoms with Crippen LogP contribution in [-0.2, 0) is 17.4 Å². The Kier molecular flexibility index (Phi) is 7.29. The summed E-state index contributed by atoms with van der Waals surface area (Å²) >= 11 is 1.57. The summed E-state index contributed by atoms with van der Waals surface area (Å²) in [5, 5.41) is 5.98. The summed E-state index contributed by atoms with van der Waals surface area (Å²) in [4.78, 5) is 21.8. The molecule has 1 fully saturated rings. The lowest BCUT2D eigenvalue weighted by molar-refractivity contribution is -0.138. The van der Waals surface area contributed by atoms with Crippen molar-refractivity contribution < 1.29 is 27.2 Å². The lowest BCUT2D eigenvalue weighted by Gasteiger charge is -2.34. The van der Waals surface area contributed by atoms with Crippen molar-refractivity contribution >= 4 is 17.2 Å². The third-order valence-electron chi connectivity index (χ3n) is 5.34. The number of aryl methyl sites for hydroxylation is 1. The monoisotopic (exact) mass is 480 g/mol. The molecule has 1 aliphatic rings. The molecule has 0 atom stereocenters. The Morgan fingerprint density at radius 2 is 1.88 bits per heavy atom. The fraction of sp³-hybridized carbons (Fsp3) is 0.409. The smallest absolute Gasteiger partial charge is 0.416 e. The molecule has 1 saturated heterocycles. The molecule has 1 aromatic carbocycles. The van der Waals surface area contributed by atoms with Crippen LogP contribution in [0.1, 0.15) is 17.9 Å². The van der Waals surface area contributed by atoms with Gasteiger partial charge in [0.2, 0.25) is 11.7 Å². The number of halogens is 3. The molecule has 4 rings (SSSR count). The topological polar surface area (TPSA) is 71.7 Å². The maximum atomic E-state index is 12.6. The van der Waals surface area contributed by atoms with E-state index in [2.05, 4.69) is 15.0 Å². The van der Waals surface area contributed by atoms with Gasteiger partial charge < -0.3 is 14.2 Å². The molecule has 11 heteroatoms. The van der Waals surface area contributed by atoms with E-state index in [4.69, 9.17) is 9.26 Å². The van der Waals surface area contributed by atoms with E-state index in [1.54, 1.807) is 16.2 Å². The van der Waals surface area contributed by atoms with Crippen LogP contribution in [0.15, 0.2) is 46.3 Å². The quantitative estimate of drug-likeness (QED) is 0.486. The van der Waals surface area contributed by atoms with Crippen LogP contribution in [0.5, 0.6) is 5.75 Å². The summed E-state index contributed by atoms with van der Waals surface area (Å²) in [6.07, 6.45) is -2.83. The average Bonchev–Trinajstić information content (AvgIpc) is 3.50. The van der Waals surface area contributed by atoms with Crippen molar-refractivity contribution in [2.75, 3.05) is 39.3 Å². The van der Waals surface area contributed by atoms with Gasteiger partial charge in [-0.3, -0.25) is 9.69 Å². The van der Waals surface area contributed by atoms with Crippen LogP contribution in [0.4, 0.5) is 13.2 Å². The molecule has 1 amide bonds. The normalized spacial score (nSPS) is 15.1. The molecule has 3 aromatic rings. The molecule has 176 valence electrons. The van der Waals surface area contributed by atoms with E-state index in [1.807, 2.05) is 17.5 Å². The van der Waals surface area contributed by atoms with Gasteiger partial charge >= 0.3 is 6.18 Å². The summed E-state index contributed by atoms with van der Waals surface area (Å²) in [6.45, 7) is 3.32. The second-order valence-electron chi connectivity index (χ2n) is 7.63. The first kappa shape index (κ1) is 23.2. The number of carbonyl (C=O) groups excluding carboxylic acids is 1. The van der Waals surface area contributed by atoms with Gasteiger partial charge in [0, 0.05) is 32.6 Å². The van der Waals surface area contributed by atoms with E-state index in [0.29, 0.717) is 31.2 Å². The second-order valence-corrected chi connectivity index (χ2v) is 8.57. The second kappa shape index (κ2) is 10.3. The number of nitrogens with zero attached hydrogens (tertiary/aromatic N) is 4. The maximum Gasteiger partial charge on any atom is 0.416 e. The summed E-state index contributed by atoms with van der Waals surface area (Å²) < 4.78 is 48.5. The standard InChI is InChI=1S/C22H23F3N4O3S/c23-22(24,25)16-5-7-17(8-6-16)31-15-20(30)29-12-10-28(11-13-29)9-1-4-19-26-21(27-32-19)18-3-2-14-33-18/h2-3,5-8,14H,1,4,9-13,15H2.